The van der Waals surface area contributed by atoms with Gasteiger partial charge >= 0.3 is 0 Å². The molecule has 0 saturated carbocycles. The fourth-order valence-electron chi connectivity index (χ4n) is 1.12. The summed E-state index contributed by atoms with van der Waals surface area (Å²) in [5, 5.41) is 0.389. The summed E-state index contributed by atoms with van der Waals surface area (Å²) in [4.78, 5) is 0. The van der Waals surface area contributed by atoms with E-state index in [1.807, 2.05) is 18.2 Å². The highest BCUT2D eigenvalue weighted by Crippen LogP contribution is 2.27. The van der Waals surface area contributed by atoms with E-state index in [2.05, 4.69) is 19.1 Å². The van der Waals surface area contributed by atoms with Crippen molar-refractivity contribution in [2.45, 2.75) is 12.2 Å². The van der Waals surface area contributed by atoms with Crippen LogP contribution in [0.2, 0.25) is 0 Å². The second kappa shape index (κ2) is 6.22. The predicted octanol–water partition coefficient (Wildman–Crippen LogP) is 2.70. The average Bonchev–Trinajstić information content (AvgIpc) is 2.18. The highest BCUT2D eigenvalue weighted by Gasteiger charge is 2.05. The maximum Gasteiger partial charge on any atom is 0.153 e. The van der Waals surface area contributed by atoms with Crippen LogP contribution in [0.4, 0.5) is 0 Å². The van der Waals surface area contributed by atoms with E-state index in [-0.39, 0.29) is 0 Å². The molecule has 2 nitrogen and oxygen atoms in total. The minimum absolute atomic E-state index is 0.349. The van der Waals surface area contributed by atoms with E-state index < -0.39 is 11.1 Å². The van der Waals surface area contributed by atoms with Crippen LogP contribution < -0.4 is 0 Å². The van der Waals surface area contributed by atoms with Gasteiger partial charge in [-0.2, -0.15) is 11.8 Å². The first-order chi connectivity index (χ1) is 6.70. The molecule has 0 bridgehead atoms. The zero-order chi connectivity index (χ0) is 10.4. The van der Waals surface area contributed by atoms with Crippen molar-refractivity contribution in [3.8, 4) is 0 Å². The normalized spacial score (nSPS) is 15.0. The molecule has 0 aromatic heterocycles. The maximum atomic E-state index is 10.4. The third-order valence-corrected chi connectivity index (χ3v) is 3.92. The first-order valence-corrected chi connectivity index (χ1v) is 6.76. The minimum Gasteiger partial charge on any atom is -0.306 e. The number of hydrogen-bond acceptors (Lipinski definition) is 2. The number of hydrogen-bond donors (Lipinski definition) is 1. The molecule has 0 fully saturated rings. The van der Waals surface area contributed by atoms with Gasteiger partial charge in [0.15, 0.2) is 11.1 Å². The highest BCUT2D eigenvalue weighted by atomic mass is 32.2. The van der Waals surface area contributed by atoms with Gasteiger partial charge in [-0.15, -0.1) is 0 Å². The average molecular weight is 230 g/mol. The highest BCUT2D eigenvalue weighted by molar-refractivity contribution is 8.00. The minimum atomic E-state index is -1.66. The Balaban J connectivity index is 2.36. The first-order valence-electron chi connectivity index (χ1n) is 4.44. The first kappa shape index (κ1) is 11.8. The Morgan fingerprint density at radius 2 is 2.07 bits per heavy atom. The van der Waals surface area contributed by atoms with Crippen LogP contribution in [0.3, 0.4) is 0 Å². The topological polar surface area (TPSA) is 37.3 Å². The molecule has 14 heavy (non-hydrogen) atoms. The van der Waals surface area contributed by atoms with Crippen molar-refractivity contribution in [2.24, 2.45) is 0 Å². The molecule has 0 amide bonds. The molecule has 1 aromatic carbocycles. The van der Waals surface area contributed by atoms with Crippen molar-refractivity contribution in [1.82, 2.24) is 0 Å². The van der Waals surface area contributed by atoms with Crippen LogP contribution in [-0.2, 0) is 11.1 Å². The van der Waals surface area contributed by atoms with Crippen LogP contribution in [0, 0.1) is 0 Å². The Hall–Kier alpha value is -0.320. The standard InChI is InChI=1S/C10H14O2S2/c1-9(13-7-8-14(11)12)10-5-3-2-4-6-10/h2-6,9H,7-8H2,1H3,(H,11,12). The van der Waals surface area contributed by atoms with E-state index in [0.29, 0.717) is 11.0 Å². The Bertz CT molecular complexity index is 287. The molecule has 0 aliphatic carbocycles. The smallest absolute Gasteiger partial charge is 0.153 e. The Labute approximate surface area is 91.4 Å². The molecule has 78 valence electrons. The summed E-state index contributed by atoms with van der Waals surface area (Å²) in [6, 6.07) is 10.2. The van der Waals surface area contributed by atoms with E-state index in [1.54, 1.807) is 11.8 Å². The van der Waals surface area contributed by atoms with Crippen molar-refractivity contribution in [3.05, 3.63) is 35.9 Å². The van der Waals surface area contributed by atoms with Crippen LogP contribution in [0.15, 0.2) is 30.3 Å². The monoisotopic (exact) mass is 230 g/mol. The summed E-state index contributed by atoms with van der Waals surface area (Å²) < 4.78 is 19.0. The summed E-state index contributed by atoms with van der Waals surface area (Å²) in [5.74, 6) is 1.07. The van der Waals surface area contributed by atoms with Crippen LogP contribution in [0.5, 0.6) is 0 Å². The third-order valence-electron chi connectivity index (χ3n) is 1.89. The van der Waals surface area contributed by atoms with E-state index in [0.717, 1.165) is 5.75 Å². The van der Waals surface area contributed by atoms with Gasteiger partial charge in [-0.1, -0.05) is 30.3 Å². The van der Waals surface area contributed by atoms with Crippen LogP contribution in [-0.4, -0.2) is 20.3 Å². The van der Waals surface area contributed by atoms with Gasteiger partial charge in [-0.3, -0.25) is 0 Å². The summed E-state index contributed by atoms with van der Waals surface area (Å²) in [5.41, 5.74) is 1.27. The van der Waals surface area contributed by atoms with Crippen LogP contribution >= 0.6 is 11.8 Å². The molecule has 0 aliphatic heterocycles. The molecule has 0 radical (unpaired) electrons. The lowest BCUT2D eigenvalue weighted by Crippen LogP contribution is -1.99. The van der Waals surface area contributed by atoms with Crippen molar-refractivity contribution in [2.75, 3.05) is 11.5 Å². The second-order valence-corrected chi connectivity index (χ2v) is 5.45. The number of rotatable bonds is 5. The van der Waals surface area contributed by atoms with E-state index in [9.17, 15) is 4.21 Å². The quantitative estimate of drug-likeness (QED) is 0.790. The van der Waals surface area contributed by atoms with Gasteiger partial charge < -0.3 is 4.55 Å². The third kappa shape index (κ3) is 4.26. The van der Waals surface area contributed by atoms with E-state index in [1.165, 1.54) is 5.56 Å². The van der Waals surface area contributed by atoms with Gasteiger partial charge in [-0.25, -0.2) is 4.21 Å². The molecule has 0 spiro atoms. The second-order valence-electron chi connectivity index (χ2n) is 2.95. The molecule has 2 unspecified atom stereocenters. The van der Waals surface area contributed by atoms with Crippen molar-refractivity contribution < 1.29 is 8.76 Å². The van der Waals surface area contributed by atoms with Crippen molar-refractivity contribution >= 4 is 22.8 Å². The van der Waals surface area contributed by atoms with Crippen molar-refractivity contribution in [3.63, 3.8) is 0 Å². The molecule has 1 rings (SSSR count). The van der Waals surface area contributed by atoms with Gasteiger partial charge in [-0.05, 0) is 12.5 Å². The largest absolute Gasteiger partial charge is 0.306 e. The fourth-order valence-corrected chi connectivity index (χ4v) is 2.77. The fraction of sp³-hybridized carbons (Fsp3) is 0.400. The van der Waals surface area contributed by atoms with Gasteiger partial charge in [0.2, 0.25) is 0 Å². The molecule has 0 heterocycles. The summed E-state index contributed by atoms with van der Waals surface area (Å²) in [6.45, 7) is 2.11. The molecular weight excluding hydrogens is 216 g/mol. The zero-order valence-corrected chi connectivity index (χ0v) is 9.68. The molecule has 0 saturated heterocycles. The molecule has 4 heteroatoms. The van der Waals surface area contributed by atoms with E-state index in [4.69, 9.17) is 4.55 Å². The predicted molar refractivity (Wildman–Crippen MR) is 63.0 cm³/mol. The Morgan fingerprint density at radius 3 is 2.64 bits per heavy atom. The van der Waals surface area contributed by atoms with Gasteiger partial charge in [0.05, 0.1) is 5.75 Å². The Morgan fingerprint density at radius 1 is 1.43 bits per heavy atom. The van der Waals surface area contributed by atoms with Gasteiger partial charge in [0.25, 0.3) is 0 Å². The molecule has 0 aliphatic rings. The van der Waals surface area contributed by atoms with Gasteiger partial charge in [0, 0.05) is 11.0 Å². The SMILES string of the molecule is CC(SCCS(=O)O)c1ccccc1. The zero-order valence-electron chi connectivity index (χ0n) is 8.05. The number of thioether (sulfide) groups is 1. The molecular formula is C10H14O2S2. The number of benzene rings is 1. The lowest BCUT2D eigenvalue weighted by Gasteiger charge is -2.10. The van der Waals surface area contributed by atoms with Gasteiger partial charge in [0.1, 0.15) is 0 Å². The molecule has 1 N–H and O–H groups in total. The molecule has 2 atom stereocenters. The Kier molecular flexibility index (Phi) is 5.22. The lowest BCUT2D eigenvalue weighted by atomic mass is 10.2. The molecule has 1 aromatic rings. The van der Waals surface area contributed by atoms with E-state index >= 15 is 0 Å². The maximum absolute atomic E-state index is 10.4. The summed E-state index contributed by atoms with van der Waals surface area (Å²) >= 11 is 0.0455. The summed E-state index contributed by atoms with van der Waals surface area (Å²) in [7, 11) is 0. The van der Waals surface area contributed by atoms with Crippen molar-refractivity contribution in [1.29, 1.82) is 0 Å². The summed E-state index contributed by atoms with van der Waals surface area (Å²) in [6.07, 6.45) is 0. The lowest BCUT2D eigenvalue weighted by molar-refractivity contribution is 0.566. The van der Waals surface area contributed by atoms with Crippen LogP contribution in [0.1, 0.15) is 17.7 Å². The van der Waals surface area contributed by atoms with Crippen LogP contribution in [0.25, 0.3) is 0 Å².